The van der Waals surface area contributed by atoms with Crippen molar-refractivity contribution in [3.8, 4) is 5.75 Å². The van der Waals surface area contributed by atoms with Gasteiger partial charge in [-0.3, -0.25) is 4.79 Å². The lowest BCUT2D eigenvalue weighted by atomic mass is 10.2. The first-order valence-electron chi connectivity index (χ1n) is 4.06. The van der Waals surface area contributed by atoms with E-state index in [9.17, 15) is 4.79 Å². The molecule has 1 N–H and O–H groups in total. The number of aldehydes is 1. The third-order valence-electron chi connectivity index (χ3n) is 2.12. The van der Waals surface area contributed by atoms with Gasteiger partial charge in [0.2, 0.25) is 0 Å². The monoisotopic (exact) mass is 253 g/mol. The van der Waals surface area contributed by atoms with E-state index < -0.39 is 0 Å². The highest BCUT2D eigenvalue weighted by atomic mass is 79.9. The van der Waals surface area contributed by atoms with Gasteiger partial charge in [-0.2, -0.15) is 0 Å². The van der Waals surface area contributed by atoms with Gasteiger partial charge in [-0.25, -0.2) is 0 Å². The second kappa shape index (κ2) is 3.46. The first-order valence-corrected chi connectivity index (χ1v) is 4.86. The Bertz CT molecular complexity index is 490. The molecule has 14 heavy (non-hydrogen) atoms. The van der Waals surface area contributed by atoms with Crippen LogP contribution in [0.4, 0.5) is 0 Å². The first kappa shape index (κ1) is 9.27. The average molecular weight is 254 g/mol. The Kier molecular flexibility index (Phi) is 2.29. The number of aromatic amines is 1. The van der Waals surface area contributed by atoms with Crippen LogP contribution in [-0.2, 0) is 0 Å². The normalized spacial score (nSPS) is 10.4. The van der Waals surface area contributed by atoms with Crippen LogP contribution in [0.15, 0.2) is 22.8 Å². The van der Waals surface area contributed by atoms with Crippen LogP contribution in [0, 0.1) is 0 Å². The number of halogens is 1. The SMILES string of the molecule is COc1c(Br)ccc2c(C=O)c[nH]c12. The highest BCUT2D eigenvalue weighted by molar-refractivity contribution is 9.10. The quantitative estimate of drug-likeness (QED) is 0.837. The molecular weight excluding hydrogens is 246 g/mol. The molecule has 0 saturated heterocycles. The van der Waals surface area contributed by atoms with E-state index in [1.165, 1.54) is 0 Å². The predicted molar refractivity (Wildman–Crippen MR) is 57.9 cm³/mol. The molecule has 2 rings (SSSR count). The number of H-pyrrole nitrogens is 1. The van der Waals surface area contributed by atoms with Gasteiger partial charge in [0.1, 0.15) is 0 Å². The van der Waals surface area contributed by atoms with Crippen LogP contribution in [0.2, 0.25) is 0 Å². The van der Waals surface area contributed by atoms with Gasteiger partial charge in [0.25, 0.3) is 0 Å². The Labute approximate surface area is 89.2 Å². The van der Waals surface area contributed by atoms with Crippen LogP contribution in [0.1, 0.15) is 10.4 Å². The van der Waals surface area contributed by atoms with Crippen LogP contribution in [0.25, 0.3) is 10.9 Å². The summed E-state index contributed by atoms with van der Waals surface area (Å²) in [4.78, 5) is 13.7. The molecule has 1 heterocycles. The molecule has 3 nitrogen and oxygen atoms in total. The molecule has 0 radical (unpaired) electrons. The predicted octanol–water partition coefficient (Wildman–Crippen LogP) is 2.75. The van der Waals surface area contributed by atoms with E-state index in [-0.39, 0.29) is 0 Å². The van der Waals surface area contributed by atoms with Crippen LogP contribution in [0.5, 0.6) is 5.75 Å². The lowest BCUT2D eigenvalue weighted by Crippen LogP contribution is -1.86. The standard InChI is InChI=1S/C10H8BrNO2/c1-14-10-8(11)3-2-7-6(5-13)4-12-9(7)10/h2-5,12H,1H3. The number of nitrogens with one attached hydrogen (secondary N) is 1. The van der Waals surface area contributed by atoms with E-state index >= 15 is 0 Å². The Morgan fingerprint density at radius 3 is 2.93 bits per heavy atom. The van der Waals surface area contributed by atoms with E-state index in [2.05, 4.69) is 20.9 Å². The molecule has 2 aromatic rings. The maximum Gasteiger partial charge on any atom is 0.157 e. The average Bonchev–Trinajstić information content (AvgIpc) is 2.60. The summed E-state index contributed by atoms with van der Waals surface area (Å²) in [5.74, 6) is 0.718. The number of carbonyl (C=O) groups is 1. The summed E-state index contributed by atoms with van der Waals surface area (Å²) >= 11 is 3.38. The highest BCUT2D eigenvalue weighted by Gasteiger charge is 2.10. The minimum atomic E-state index is 0.644. The zero-order chi connectivity index (χ0) is 10.1. The fraction of sp³-hybridized carbons (Fsp3) is 0.100. The third-order valence-corrected chi connectivity index (χ3v) is 2.75. The molecule has 4 heteroatoms. The van der Waals surface area contributed by atoms with Gasteiger partial charge in [0.05, 0.1) is 17.1 Å². The van der Waals surface area contributed by atoms with Crippen molar-refractivity contribution in [1.29, 1.82) is 0 Å². The van der Waals surface area contributed by atoms with E-state index in [4.69, 9.17) is 4.74 Å². The third kappa shape index (κ3) is 1.23. The van der Waals surface area contributed by atoms with Crippen molar-refractivity contribution in [2.45, 2.75) is 0 Å². The summed E-state index contributed by atoms with van der Waals surface area (Å²) in [7, 11) is 1.60. The summed E-state index contributed by atoms with van der Waals surface area (Å²) in [6, 6.07) is 3.74. The molecule has 72 valence electrons. The molecule has 0 aliphatic heterocycles. The molecule has 0 spiro atoms. The number of ether oxygens (including phenoxy) is 1. The second-order valence-corrected chi connectivity index (χ2v) is 3.72. The van der Waals surface area contributed by atoms with Gasteiger partial charge in [-0.05, 0) is 22.0 Å². The zero-order valence-corrected chi connectivity index (χ0v) is 9.09. The van der Waals surface area contributed by atoms with Crippen LogP contribution >= 0.6 is 15.9 Å². The largest absolute Gasteiger partial charge is 0.493 e. The lowest BCUT2D eigenvalue weighted by molar-refractivity contribution is 0.112. The number of fused-ring (bicyclic) bond motifs is 1. The van der Waals surface area contributed by atoms with Gasteiger partial charge in [-0.15, -0.1) is 0 Å². The molecule has 0 aliphatic carbocycles. The smallest absolute Gasteiger partial charge is 0.157 e. The molecule has 0 unspecified atom stereocenters. The second-order valence-electron chi connectivity index (χ2n) is 2.87. The molecule has 0 atom stereocenters. The number of rotatable bonds is 2. The number of hydrogen-bond donors (Lipinski definition) is 1. The molecule has 0 amide bonds. The number of methoxy groups -OCH3 is 1. The Morgan fingerprint density at radius 1 is 1.50 bits per heavy atom. The Morgan fingerprint density at radius 2 is 2.29 bits per heavy atom. The van der Waals surface area contributed by atoms with Gasteiger partial charge in [0.15, 0.2) is 12.0 Å². The summed E-state index contributed by atoms with van der Waals surface area (Å²) in [6.07, 6.45) is 2.50. The zero-order valence-electron chi connectivity index (χ0n) is 7.50. The number of aromatic nitrogens is 1. The van der Waals surface area contributed by atoms with Gasteiger partial charge < -0.3 is 9.72 Å². The maximum absolute atomic E-state index is 10.7. The molecule has 1 aromatic heterocycles. The van der Waals surface area contributed by atoms with Crippen LogP contribution < -0.4 is 4.74 Å². The van der Waals surface area contributed by atoms with E-state index in [0.29, 0.717) is 5.56 Å². The summed E-state index contributed by atoms with van der Waals surface area (Å²) in [5, 5.41) is 0.875. The van der Waals surface area contributed by atoms with Crippen molar-refractivity contribution >= 4 is 33.1 Å². The number of hydrogen-bond acceptors (Lipinski definition) is 2. The van der Waals surface area contributed by atoms with Crippen LogP contribution in [-0.4, -0.2) is 18.4 Å². The summed E-state index contributed by atoms with van der Waals surface area (Å²) < 4.78 is 6.09. The fourth-order valence-electron chi connectivity index (χ4n) is 1.47. The molecular formula is C10H8BrNO2. The van der Waals surface area contributed by atoms with Gasteiger partial charge in [0, 0.05) is 17.1 Å². The molecule has 0 aliphatic rings. The summed E-state index contributed by atoms with van der Waals surface area (Å²) in [5.41, 5.74) is 1.48. The first-order chi connectivity index (χ1) is 6.77. The van der Waals surface area contributed by atoms with Crippen LogP contribution in [0.3, 0.4) is 0 Å². The van der Waals surface area contributed by atoms with Crippen molar-refractivity contribution in [2.24, 2.45) is 0 Å². The Hall–Kier alpha value is -1.29. The van der Waals surface area contributed by atoms with Crippen molar-refractivity contribution in [3.63, 3.8) is 0 Å². The fourth-order valence-corrected chi connectivity index (χ4v) is 1.96. The van der Waals surface area contributed by atoms with Gasteiger partial charge >= 0.3 is 0 Å². The molecule has 0 saturated carbocycles. The van der Waals surface area contributed by atoms with Crippen molar-refractivity contribution in [3.05, 3.63) is 28.4 Å². The topological polar surface area (TPSA) is 42.1 Å². The molecule has 0 fully saturated rings. The minimum Gasteiger partial charge on any atom is -0.493 e. The Balaban J connectivity index is 2.83. The molecule has 1 aromatic carbocycles. The van der Waals surface area contributed by atoms with E-state index in [1.54, 1.807) is 13.3 Å². The minimum absolute atomic E-state index is 0.644. The van der Waals surface area contributed by atoms with Crippen molar-refractivity contribution in [2.75, 3.05) is 7.11 Å². The van der Waals surface area contributed by atoms with E-state index in [0.717, 1.165) is 27.4 Å². The highest BCUT2D eigenvalue weighted by Crippen LogP contribution is 2.33. The van der Waals surface area contributed by atoms with Crippen molar-refractivity contribution < 1.29 is 9.53 Å². The maximum atomic E-state index is 10.7. The van der Waals surface area contributed by atoms with E-state index in [1.807, 2.05) is 12.1 Å². The van der Waals surface area contributed by atoms with Gasteiger partial charge in [-0.1, -0.05) is 6.07 Å². The summed E-state index contributed by atoms with van der Waals surface area (Å²) in [6.45, 7) is 0. The number of benzene rings is 1. The number of carbonyl (C=O) groups excluding carboxylic acids is 1. The van der Waals surface area contributed by atoms with Crippen molar-refractivity contribution in [1.82, 2.24) is 4.98 Å². The molecule has 0 bridgehead atoms. The lowest BCUT2D eigenvalue weighted by Gasteiger charge is -2.03.